The molecule has 1 amide bonds. The Morgan fingerprint density at radius 2 is 1.39 bits per heavy atom. The van der Waals surface area contributed by atoms with Crippen LogP contribution in [0.2, 0.25) is 0 Å². The average Bonchev–Trinajstić information content (AvgIpc) is 2.79. The summed E-state index contributed by atoms with van der Waals surface area (Å²) in [5.41, 5.74) is -2.75. The van der Waals surface area contributed by atoms with E-state index in [9.17, 15) is 55.5 Å². The first-order chi connectivity index (χ1) is 37.3. The second-order valence-electron chi connectivity index (χ2n) is 27.3. The van der Waals surface area contributed by atoms with E-state index in [1.54, 1.807) is 0 Å². The summed E-state index contributed by atoms with van der Waals surface area (Å²) in [6, 6.07) is -1.30. The molecule has 3 heterocycles. The highest BCUT2D eigenvalue weighted by atomic mass is 16.8. The lowest BCUT2D eigenvalue weighted by molar-refractivity contribution is -0.365. The highest BCUT2D eigenvalue weighted by molar-refractivity contribution is 5.80. The molecule has 0 aromatic heterocycles. The van der Waals surface area contributed by atoms with Crippen LogP contribution in [-0.4, -0.2) is 176 Å². The number of esters is 1. The van der Waals surface area contributed by atoms with E-state index in [0.29, 0.717) is 32.1 Å². The second-order valence-corrected chi connectivity index (χ2v) is 27.3. The maximum absolute atomic E-state index is 15.7. The van der Waals surface area contributed by atoms with Gasteiger partial charge < -0.3 is 84.5 Å². The topological polar surface area (TPSA) is 301 Å². The van der Waals surface area contributed by atoms with E-state index in [4.69, 9.17) is 28.4 Å². The summed E-state index contributed by atoms with van der Waals surface area (Å²) in [5, 5.41) is 104. The SMILES string of the molecule is CCCCCCCCCCCC(=O)N[C@H]1C(CO)O[C@@H](OC(=O)[C@]23CCC(C)(C)CC2C2=CCC4C5(C)CC[C@H](O)C(C)(C=O)[C@H]5CCC4(C)C2(C)CC3O)C(O[C@@H]2OC(C)[C@H](O[C@@H]3OC[C@@H](O)C(O)C3O)C(O)C2CO)C1O. The number of allylic oxidation sites excluding steroid dienone is 2. The predicted molar refractivity (Wildman–Crippen MR) is 287 cm³/mol. The molecule has 19 heteroatoms. The van der Waals surface area contributed by atoms with Crippen molar-refractivity contribution < 1.29 is 88.8 Å². The number of unbranched alkanes of at least 4 members (excludes halogenated alkanes) is 8. The lowest BCUT2D eigenvalue weighted by atomic mass is 9.33. The molecule has 0 bridgehead atoms. The molecule has 4 saturated carbocycles. The van der Waals surface area contributed by atoms with Gasteiger partial charge in [0.15, 0.2) is 18.7 Å². The van der Waals surface area contributed by atoms with Crippen LogP contribution >= 0.6 is 0 Å². The maximum atomic E-state index is 15.7. The molecule has 8 aliphatic rings. The molecule has 3 aliphatic heterocycles. The van der Waals surface area contributed by atoms with Crippen molar-refractivity contribution in [2.45, 2.75) is 269 Å². The number of nitrogens with one attached hydrogen (secondary N) is 1. The zero-order chi connectivity index (χ0) is 57.6. The van der Waals surface area contributed by atoms with Gasteiger partial charge in [0.25, 0.3) is 0 Å². The fourth-order valence-corrected chi connectivity index (χ4v) is 17.0. The van der Waals surface area contributed by atoms with E-state index in [-0.39, 0.29) is 54.0 Å². The molecule has 79 heavy (non-hydrogen) atoms. The van der Waals surface area contributed by atoms with Gasteiger partial charge in [-0.1, -0.05) is 111 Å². The number of aliphatic hydroxyl groups excluding tert-OH is 9. The third-order valence-corrected chi connectivity index (χ3v) is 22.1. The van der Waals surface area contributed by atoms with E-state index in [0.717, 1.165) is 56.8 Å². The average molecular weight is 1120 g/mol. The predicted octanol–water partition coefficient (Wildman–Crippen LogP) is 4.25. The van der Waals surface area contributed by atoms with Gasteiger partial charge in [0, 0.05) is 6.42 Å². The number of carbonyl (C=O) groups excluding carboxylic acids is 3. The molecule has 8 rings (SSSR count). The molecule has 5 aliphatic carbocycles. The highest BCUT2D eigenvalue weighted by Crippen LogP contribution is 2.76. The van der Waals surface area contributed by atoms with Crippen LogP contribution in [0.5, 0.6) is 0 Å². The Bertz CT molecular complexity index is 2130. The summed E-state index contributed by atoms with van der Waals surface area (Å²) >= 11 is 0. The number of aldehydes is 1. The largest absolute Gasteiger partial charge is 0.432 e. The van der Waals surface area contributed by atoms with Crippen LogP contribution in [0.15, 0.2) is 11.6 Å². The van der Waals surface area contributed by atoms with E-state index >= 15 is 4.79 Å². The molecule has 0 spiro atoms. The van der Waals surface area contributed by atoms with Crippen LogP contribution in [0.3, 0.4) is 0 Å². The lowest BCUT2D eigenvalue weighted by Crippen LogP contribution is -2.69. The van der Waals surface area contributed by atoms with E-state index in [1.807, 2.05) is 6.92 Å². The first-order valence-electron chi connectivity index (χ1n) is 30.2. The van der Waals surface area contributed by atoms with Crippen LogP contribution in [-0.2, 0) is 42.8 Å². The van der Waals surface area contributed by atoms with Crippen molar-refractivity contribution in [2.75, 3.05) is 19.8 Å². The number of hydrogen-bond acceptors (Lipinski definition) is 18. The molecular weight excluding hydrogens is 1020 g/mol. The summed E-state index contributed by atoms with van der Waals surface area (Å²) in [5.74, 6) is -2.91. The second kappa shape index (κ2) is 24.8. The van der Waals surface area contributed by atoms with Crippen molar-refractivity contribution in [2.24, 2.45) is 56.2 Å². The number of aliphatic hydroxyl groups is 9. The van der Waals surface area contributed by atoms with Gasteiger partial charge in [-0.05, 0) is 111 Å². The Labute approximate surface area is 467 Å². The lowest BCUT2D eigenvalue weighted by Gasteiger charge is -2.71. The zero-order valence-electron chi connectivity index (χ0n) is 48.4. The van der Waals surface area contributed by atoms with Gasteiger partial charge in [-0.25, -0.2) is 0 Å². The van der Waals surface area contributed by atoms with Gasteiger partial charge in [-0.3, -0.25) is 9.59 Å². The van der Waals surface area contributed by atoms with Crippen LogP contribution in [0.4, 0.5) is 0 Å². The van der Waals surface area contributed by atoms with Crippen molar-refractivity contribution in [1.29, 1.82) is 0 Å². The fraction of sp³-hybridized carbons (Fsp3) is 0.917. The number of fused-ring (bicyclic) bond motifs is 7. The van der Waals surface area contributed by atoms with E-state index in [2.05, 4.69) is 52.9 Å². The molecule has 0 aromatic carbocycles. The summed E-state index contributed by atoms with van der Waals surface area (Å²) in [6.45, 7) is 14.9. The summed E-state index contributed by atoms with van der Waals surface area (Å²) in [4.78, 5) is 42.2. The Hall–Kier alpha value is -2.21. The van der Waals surface area contributed by atoms with Crippen molar-refractivity contribution in [3.8, 4) is 0 Å². The van der Waals surface area contributed by atoms with Gasteiger partial charge in [0.05, 0.1) is 61.6 Å². The molecule has 15 unspecified atom stereocenters. The third kappa shape index (κ3) is 11.5. The normalized spacial score (nSPS) is 47.6. The Balaban J connectivity index is 1.07. The first kappa shape index (κ1) is 62.8. The van der Waals surface area contributed by atoms with Crippen molar-refractivity contribution >= 4 is 18.2 Å². The number of hydrogen-bond donors (Lipinski definition) is 10. The summed E-state index contributed by atoms with van der Waals surface area (Å²) < 4.78 is 37.2. The smallest absolute Gasteiger partial charge is 0.317 e. The molecule has 24 atom stereocenters. The maximum Gasteiger partial charge on any atom is 0.317 e. The number of rotatable bonds is 20. The van der Waals surface area contributed by atoms with Gasteiger partial charge in [0.1, 0.15) is 48.3 Å². The van der Waals surface area contributed by atoms with Crippen LogP contribution in [0.1, 0.15) is 177 Å². The Morgan fingerprint density at radius 1 is 0.722 bits per heavy atom. The molecular formula is C60H99NO18. The van der Waals surface area contributed by atoms with Crippen LogP contribution in [0, 0.1) is 56.2 Å². The minimum atomic E-state index is -1.79. The standard InChI is InChI=1S/C60H99NO18/c1-9-10-11-12-13-14-15-16-17-18-43(68)61-44-38(30-63)76-53(50(47(44)71)78-51-34(29-62)45(69)49(33(2)75-51)77-52-48(72)46(70)37(65)31-74-52)79-54(73)60-26-25-55(3,4)27-36(60)35-19-20-40-56(5)23-22-41(66)57(6,32-64)39(56)21-24-58(40,7)59(35,8)28-42(60)67/h19,32-34,36-42,44-53,62-63,65-67,69-72H,9-18,20-31H2,1-8H3,(H,61,68)/t33?,34?,36?,37-,38?,39+,40?,41+,42?,44+,45?,46?,47?,48?,49+,50?,51+,52+,53+,56?,57?,58?,59?,60-/m1/s1. The zero-order valence-corrected chi connectivity index (χ0v) is 48.4. The summed E-state index contributed by atoms with van der Waals surface area (Å²) in [7, 11) is 0. The number of amides is 1. The van der Waals surface area contributed by atoms with Gasteiger partial charge in [0.2, 0.25) is 12.2 Å². The molecule has 3 saturated heterocycles. The molecule has 0 radical (unpaired) electrons. The number of carbonyl (C=O) groups is 3. The third-order valence-electron chi connectivity index (χ3n) is 22.1. The number of ether oxygens (including phenoxy) is 6. The quantitative estimate of drug-likeness (QED) is 0.0353. The molecule has 452 valence electrons. The Morgan fingerprint density at radius 3 is 2.05 bits per heavy atom. The minimum Gasteiger partial charge on any atom is -0.432 e. The van der Waals surface area contributed by atoms with Gasteiger partial charge >= 0.3 is 5.97 Å². The fourth-order valence-electron chi connectivity index (χ4n) is 17.0. The van der Waals surface area contributed by atoms with Crippen LogP contribution < -0.4 is 5.32 Å². The van der Waals surface area contributed by atoms with E-state index < -0.39 is 145 Å². The molecule has 19 nitrogen and oxygen atoms in total. The molecule has 7 fully saturated rings. The molecule has 10 N–H and O–H groups in total. The minimum absolute atomic E-state index is 0.0330. The van der Waals surface area contributed by atoms with Gasteiger partial charge in [-0.2, -0.15) is 0 Å². The monoisotopic (exact) mass is 1120 g/mol. The summed E-state index contributed by atoms with van der Waals surface area (Å²) in [6.07, 6.45) is -2.29. The van der Waals surface area contributed by atoms with E-state index in [1.165, 1.54) is 32.6 Å². The highest BCUT2D eigenvalue weighted by Gasteiger charge is 2.72. The Kier molecular flexibility index (Phi) is 19.7. The van der Waals surface area contributed by atoms with Crippen molar-refractivity contribution in [3.05, 3.63) is 11.6 Å². The first-order valence-corrected chi connectivity index (χ1v) is 30.2. The molecule has 0 aromatic rings. The van der Waals surface area contributed by atoms with Gasteiger partial charge in [-0.15, -0.1) is 0 Å². The van der Waals surface area contributed by atoms with Crippen LogP contribution in [0.25, 0.3) is 0 Å². The van der Waals surface area contributed by atoms with Crippen molar-refractivity contribution in [1.82, 2.24) is 5.32 Å². The van der Waals surface area contributed by atoms with Crippen molar-refractivity contribution in [3.63, 3.8) is 0 Å².